The van der Waals surface area contributed by atoms with Gasteiger partial charge in [0.1, 0.15) is 5.78 Å². The Kier molecular flexibility index (Phi) is 5.50. The molecule has 0 aromatic rings. The minimum atomic E-state index is -0.288. The van der Waals surface area contributed by atoms with E-state index in [0.717, 1.165) is 0 Å². The Balaban J connectivity index is 2.29. The maximum absolute atomic E-state index is 11.9. The van der Waals surface area contributed by atoms with Gasteiger partial charge in [-0.25, -0.2) is 0 Å². The standard InChI is InChI=1S/C13H22O3/c1-10(8-13(15)16-2)12(14)9-11-6-4-3-5-7-11/h10-11H,3-9H2,1-2H3. The van der Waals surface area contributed by atoms with Gasteiger partial charge in [0.25, 0.3) is 0 Å². The van der Waals surface area contributed by atoms with Crippen LogP contribution < -0.4 is 0 Å². The molecule has 0 heterocycles. The first-order valence-electron chi connectivity index (χ1n) is 6.23. The maximum Gasteiger partial charge on any atom is 0.306 e. The summed E-state index contributed by atoms with van der Waals surface area (Å²) < 4.78 is 4.57. The van der Waals surface area contributed by atoms with Crippen molar-refractivity contribution in [2.75, 3.05) is 7.11 Å². The third-order valence-corrected chi connectivity index (χ3v) is 3.46. The van der Waals surface area contributed by atoms with Gasteiger partial charge in [-0.2, -0.15) is 0 Å². The number of ether oxygens (including phenoxy) is 1. The van der Waals surface area contributed by atoms with Gasteiger partial charge < -0.3 is 4.74 Å². The van der Waals surface area contributed by atoms with E-state index in [4.69, 9.17) is 0 Å². The molecule has 0 aromatic heterocycles. The molecule has 1 saturated carbocycles. The van der Waals surface area contributed by atoms with E-state index in [-0.39, 0.29) is 24.1 Å². The maximum atomic E-state index is 11.9. The van der Waals surface area contributed by atoms with Gasteiger partial charge in [-0.05, 0) is 5.92 Å². The van der Waals surface area contributed by atoms with Crippen molar-refractivity contribution >= 4 is 11.8 Å². The van der Waals surface area contributed by atoms with E-state index in [0.29, 0.717) is 12.3 Å². The fourth-order valence-electron chi connectivity index (χ4n) is 2.32. The second kappa shape index (κ2) is 6.66. The zero-order valence-electron chi connectivity index (χ0n) is 10.3. The average Bonchev–Trinajstić information content (AvgIpc) is 2.30. The Morgan fingerprint density at radius 3 is 2.44 bits per heavy atom. The van der Waals surface area contributed by atoms with Crippen molar-refractivity contribution in [3.05, 3.63) is 0 Å². The summed E-state index contributed by atoms with van der Waals surface area (Å²) in [5.74, 6) is 0.303. The second-order valence-electron chi connectivity index (χ2n) is 4.86. The van der Waals surface area contributed by atoms with Gasteiger partial charge in [0, 0.05) is 12.3 Å². The van der Waals surface area contributed by atoms with E-state index in [1.807, 2.05) is 6.92 Å². The molecule has 0 aliphatic heterocycles. The van der Waals surface area contributed by atoms with Crippen LogP contribution in [0.5, 0.6) is 0 Å². The fourth-order valence-corrected chi connectivity index (χ4v) is 2.32. The van der Waals surface area contributed by atoms with E-state index in [1.54, 1.807) is 0 Å². The quantitative estimate of drug-likeness (QED) is 0.677. The van der Waals surface area contributed by atoms with Crippen LogP contribution >= 0.6 is 0 Å². The van der Waals surface area contributed by atoms with Crippen molar-refractivity contribution in [1.82, 2.24) is 0 Å². The summed E-state index contributed by atoms with van der Waals surface area (Å²) in [6.45, 7) is 1.82. The topological polar surface area (TPSA) is 43.4 Å². The first-order chi connectivity index (χ1) is 7.63. The molecule has 92 valence electrons. The van der Waals surface area contributed by atoms with Crippen molar-refractivity contribution < 1.29 is 14.3 Å². The summed E-state index contributed by atoms with van der Waals surface area (Å²) in [4.78, 5) is 22.9. The molecule has 1 atom stereocenters. The molecular weight excluding hydrogens is 204 g/mol. The Morgan fingerprint density at radius 1 is 1.25 bits per heavy atom. The molecule has 1 aliphatic rings. The van der Waals surface area contributed by atoms with Crippen LogP contribution in [0, 0.1) is 11.8 Å². The minimum absolute atomic E-state index is 0.186. The molecule has 0 radical (unpaired) electrons. The van der Waals surface area contributed by atoms with Crippen molar-refractivity contribution in [3.8, 4) is 0 Å². The van der Waals surface area contributed by atoms with Gasteiger partial charge in [0.2, 0.25) is 0 Å². The summed E-state index contributed by atoms with van der Waals surface area (Å²) in [6, 6.07) is 0. The van der Waals surface area contributed by atoms with Gasteiger partial charge in [0.15, 0.2) is 0 Å². The van der Waals surface area contributed by atoms with Gasteiger partial charge >= 0.3 is 5.97 Å². The van der Waals surface area contributed by atoms with Gasteiger partial charge in [-0.3, -0.25) is 9.59 Å². The molecule has 0 bridgehead atoms. The SMILES string of the molecule is COC(=O)CC(C)C(=O)CC1CCCCC1. The highest BCUT2D eigenvalue weighted by molar-refractivity contribution is 5.85. The van der Waals surface area contributed by atoms with E-state index < -0.39 is 0 Å². The lowest BCUT2D eigenvalue weighted by atomic mass is 9.83. The Hall–Kier alpha value is -0.860. The van der Waals surface area contributed by atoms with Gasteiger partial charge in [-0.15, -0.1) is 0 Å². The monoisotopic (exact) mass is 226 g/mol. The zero-order chi connectivity index (χ0) is 12.0. The van der Waals surface area contributed by atoms with Crippen molar-refractivity contribution in [1.29, 1.82) is 0 Å². The van der Waals surface area contributed by atoms with Crippen LogP contribution in [0.3, 0.4) is 0 Å². The fraction of sp³-hybridized carbons (Fsp3) is 0.846. The summed E-state index contributed by atoms with van der Waals surface area (Å²) in [6.07, 6.45) is 7.04. The van der Waals surface area contributed by atoms with Crippen molar-refractivity contribution in [3.63, 3.8) is 0 Å². The highest BCUT2D eigenvalue weighted by Gasteiger charge is 2.22. The van der Waals surface area contributed by atoms with Gasteiger partial charge in [-0.1, -0.05) is 39.0 Å². The number of carbonyl (C=O) groups excluding carboxylic acids is 2. The molecule has 1 unspecified atom stereocenters. The lowest BCUT2D eigenvalue weighted by molar-refractivity contribution is -0.143. The summed E-state index contributed by atoms with van der Waals surface area (Å²) in [5.41, 5.74) is 0. The minimum Gasteiger partial charge on any atom is -0.469 e. The first kappa shape index (κ1) is 13.2. The van der Waals surface area contributed by atoms with Crippen LogP contribution in [0.2, 0.25) is 0 Å². The molecule has 0 aromatic carbocycles. The molecule has 1 fully saturated rings. The Bertz CT molecular complexity index is 242. The Morgan fingerprint density at radius 2 is 1.88 bits per heavy atom. The van der Waals surface area contributed by atoms with Crippen LogP contribution in [0.4, 0.5) is 0 Å². The number of esters is 1. The summed E-state index contributed by atoms with van der Waals surface area (Å²) in [7, 11) is 1.36. The predicted octanol–water partition coefficient (Wildman–Crippen LogP) is 2.73. The number of hydrogen-bond donors (Lipinski definition) is 0. The molecule has 1 aliphatic carbocycles. The highest BCUT2D eigenvalue weighted by Crippen LogP contribution is 2.27. The number of hydrogen-bond acceptors (Lipinski definition) is 3. The van der Waals surface area contributed by atoms with Crippen molar-refractivity contribution in [2.24, 2.45) is 11.8 Å². The zero-order valence-corrected chi connectivity index (χ0v) is 10.3. The van der Waals surface area contributed by atoms with E-state index in [9.17, 15) is 9.59 Å². The molecule has 0 saturated heterocycles. The number of rotatable bonds is 5. The Labute approximate surface area is 97.5 Å². The predicted molar refractivity (Wildman–Crippen MR) is 62.0 cm³/mol. The third-order valence-electron chi connectivity index (χ3n) is 3.46. The van der Waals surface area contributed by atoms with Crippen LogP contribution in [-0.2, 0) is 14.3 Å². The number of methoxy groups -OCH3 is 1. The molecule has 3 heteroatoms. The second-order valence-corrected chi connectivity index (χ2v) is 4.86. The normalized spacial score (nSPS) is 19.1. The van der Waals surface area contributed by atoms with E-state index in [2.05, 4.69) is 4.74 Å². The lowest BCUT2D eigenvalue weighted by Gasteiger charge is -2.21. The van der Waals surface area contributed by atoms with Crippen molar-refractivity contribution in [2.45, 2.75) is 51.9 Å². The lowest BCUT2D eigenvalue weighted by Crippen LogP contribution is -2.20. The van der Waals surface area contributed by atoms with E-state index in [1.165, 1.54) is 39.2 Å². The smallest absolute Gasteiger partial charge is 0.306 e. The largest absolute Gasteiger partial charge is 0.469 e. The number of carbonyl (C=O) groups is 2. The first-order valence-corrected chi connectivity index (χ1v) is 6.23. The number of ketones is 1. The molecule has 3 nitrogen and oxygen atoms in total. The molecular formula is C13H22O3. The van der Waals surface area contributed by atoms with Crippen LogP contribution in [0.15, 0.2) is 0 Å². The molecule has 0 N–H and O–H groups in total. The summed E-state index contributed by atoms with van der Waals surface area (Å²) in [5, 5.41) is 0. The molecule has 0 spiro atoms. The molecule has 16 heavy (non-hydrogen) atoms. The summed E-state index contributed by atoms with van der Waals surface area (Å²) >= 11 is 0. The molecule has 1 rings (SSSR count). The average molecular weight is 226 g/mol. The molecule has 0 amide bonds. The van der Waals surface area contributed by atoms with Crippen LogP contribution in [0.1, 0.15) is 51.9 Å². The van der Waals surface area contributed by atoms with Gasteiger partial charge in [0.05, 0.1) is 13.5 Å². The van der Waals surface area contributed by atoms with E-state index >= 15 is 0 Å². The third kappa shape index (κ3) is 4.33. The highest BCUT2D eigenvalue weighted by atomic mass is 16.5. The number of Topliss-reactive ketones (excluding diaryl/α,β-unsaturated/α-hetero) is 1. The van der Waals surface area contributed by atoms with Crippen LogP contribution in [0.25, 0.3) is 0 Å². The van der Waals surface area contributed by atoms with Crippen LogP contribution in [-0.4, -0.2) is 18.9 Å².